The number of hydrogen-bond acceptors (Lipinski definition) is 3. The molecule has 0 aromatic heterocycles. The molecule has 6 heteroatoms. The Hall–Kier alpha value is -1.66. The van der Waals surface area contributed by atoms with Crippen LogP contribution in [0, 0.1) is 0 Å². The van der Waals surface area contributed by atoms with E-state index in [1.807, 2.05) is 4.72 Å². The summed E-state index contributed by atoms with van der Waals surface area (Å²) in [6, 6.07) is 6.21. The van der Waals surface area contributed by atoms with Gasteiger partial charge in [0.1, 0.15) is 6.04 Å². The summed E-state index contributed by atoms with van der Waals surface area (Å²) in [6.07, 6.45) is 1.02. The van der Waals surface area contributed by atoms with Crippen LogP contribution >= 0.6 is 0 Å². The van der Waals surface area contributed by atoms with Crippen molar-refractivity contribution >= 4 is 16.0 Å². The Morgan fingerprint density at radius 1 is 1.38 bits per heavy atom. The summed E-state index contributed by atoms with van der Waals surface area (Å²) in [6.45, 7) is 3.25. The van der Waals surface area contributed by atoms with Crippen LogP contribution in [-0.2, 0) is 14.8 Å². The van der Waals surface area contributed by atoms with Crippen LogP contribution < -0.4 is 4.72 Å². The van der Waals surface area contributed by atoms with Gasteiger partial charge in [-0.3, -0.25) is 4.79 Å². The highest BCUT2D eigenvalue weighted by Crippen LogP contribution is 2.08. The van der Waals surface area contributed by atoms with Crippen molar-refractivity contribution in [1.29, 1.82) is 0 Å². The van der Waals surface area contributed by atoms with Crippen molar-refractivity contribution in [1.82, 2.24) is 4.72 Å². The molecule has 0 aliphatic heterocycles. The first-order valence-corrected chi connectivity index (χ1v) is 5.88. The van der Waals surface area contributed by atoms with Crippen molar-refractivity contribution < 1.29 is 18.3 Å². The molecule has 16 heavy (non-hydrogen) atoms. The first kappa shape index (κ1) is 12.4. The highest BCUT2D eigenvalue weighted by molar-refractivity contribution is 7.89. The molecule has 0 amide bonds. The number of hydrogen-bond donors (Lipinski definition) is 2. The minimum absolute atomic E-state index is 0.0168. The monoisotopic (exact) mass is 241 g/mol. The summed E-state index contributed by atoms with van der Waals surface area (Å²) in [5.41, 5.74) is 0. The quantitative estimate of drug-likeness (QED) is 0.739. The fourth-order valence-corrected chi connectivity index (χ4v) is 2.22. The number of sulfonamides is 1. The standard InChI is InChI=1S/C10H11NO4S/c1-2-9(10(12)13)11-16(14,15)8-6-4-3-5-7-8/h2-7,9,11H,1H2,(H,12,13). The summed E-state index contributed by atoms with van der Waals surface area (Å²) < 4.78 is 25.4. The fraction of sp³-hybridized carbons (Fsp3) is 0.100. The van der Waals surface area contributed by atoms with Gasteiger partial charge in [-0.05, 0) is 12.1 Å². The van der Waals surface area contributed by atoms with Gasteiger partial charge in [0.05, 0.1) is 4.90 Å². The van der Waals surface area contributed by atoms with E-state index in [1.165, 1.54) is 12.1 Å². The lowest BCUT2D eigenvalue weighted by atomic mass is 10.3. The van der Waals surface area contributed by atoms with E-state index >= 15 is 0 Å². The molecular formula is C10H11NO4S. The van der Waals surface area contributed by atoms with Gasteiger partial charge in [0.15, 0.2) is 0 Å². The van der Waals surface area contributed by atoms with Gasteiger partial charge in [-0.15, -0.1) is 6.58 Å². The van der Waals surface area contributed by atoms with E-state index < -0.39 is 22.0 Å². The van der Waals surface area contributed by atoms with E-state index in [2.05, 4.69) is 6.58 Å². The zero-order chi connectivity index (χ0) is 12.2. The van der Waals surface area contributed by atoms with E-state index in [4.69, 9.17) is 5.11 Å². The van der Waals surface area contributed by atoms with Crippen LogP contribution in [0.15, 0.2) is 47.9 Å². The first-order valence-electron chi connectivity index (χ1n) is 4.40. The minimum atomic E-state index is -3.82. The summed E-state index contributed by atoms with van der Waals surface area (Å²) in [7, 11) is -3.82. The molecule has 86 valence electrons. The molecule has 0 heterocycles. The Morgan fingerprint density at radius 2 is 1.94 bits per heavy atom. The molecule has 0 aliphatic carbocycles. The van der Waals surface area contributed by atoms with Crippen molar-refractivity contribution in [2.75, 3.05) is 0 Å². The van der Waals surface area contributed by atoms with Crippen molar-refractivity contribution in [3.05, 3.63) is 43.0 Å². The SMILES string of the molecule is C=CC(NS(=O)(=O)c1ccccc1)C(=O)O. The third-order valence-corrected chi connectivity index (χ3v) is 3.29. The van der Waals surface area contributed by atoms with Crippen molar-refractivity contribution in [3.63, 3.8) is 0 Å². The second-order valence-electron chi connectivity index (χ2n) is 2.99. The van der Waals surface area contributed by atoms with E-state index in [0.29, 0.717) is 0 Å². The molecule has 5 nitrogen and oxygen atoms in total. The van der Waals surface area contributed by atoms with Crippen LogP contribution in [0.4, 0.5) is 0 Å². The van der Waals surface area contributed by atoms with Gasteiger partial charge in [-0.2, -0.15) is 4.72 Å². The number of benzene rings is 1. The van der Waals surface area contributed by atoms with Gasteiger partial charge in [-0.25, -0.2) is 8.42 Å². The molecule has 0 saturated carbocycles. The highest BCUT2D eigenvalue weighted by Gasteiger charge is 2.22. The molecule has 0 fully saturated rings. The average molecular weight is 241 g/mol. The van der Waals surface area contributed by atoms with Gasteiger partial charge >= 0.3 is 5.97 Å². The number of rotatable bonds is 5. The van der Waals surface area contributed by atoms with Crippen molar-refractivity contribution in [2.45, 2.75) is 10.9 Å². The van der Waals surface area contributed by atoms with E-state index in [9.17, 15) is 13.2 Å². The van der Waals surface area contributed by atoms with Gasteiger partial charge in [0.2, 0.25) is 10.0 Å². The molecule has 1 aromatic rings. The highest BCUT2D eigenvalue weighted by atomic mass is 32.2. The summed E-state index contributed by atoms with van der Waals surface area (Å²) >= 11 is 0. The number of carbonyl (C=O) groups is 1. The lowest BCUT2D eigenvalue weighted by molar-refractivity contribution is -0.137. The second kappa shape index (κ2) is 4.91. The Morgan fingerprint density at radius 3 is 2.38 bits per heavy atom. The Bertz CT molecular complexity index is 481. The number of nitrogens with one attached hydrogen (secondary N) is 1. The minimum Gasteiger partial charge on any atom is -0.480 e. The average Bonchev–Trinajstić information content (AvgIpc) is 2.27. The van der Waals surface area contributed by atoms with Gasteiger partial charge in [-0.1, -0.05) is 24.3 Å². The van der Waals surface area contributed by atoms with E-state index in [1.54, 1.807) is 18.2 Å². The van der Waals surface area contributed by atoms with Crippen molar-refractivity contribution in [2.24, 2.45) is 0 Å². The number of carboxylic acids is 1. The third-order valence-electron chi connectivity index (χ3n) is 1.84. The largest absolute Gasteiger partial charge is 0.480 e. The van der Waals surface area contributed by atoms with Crippen LogP contribution in [0.3, 0.4) is 0 Å². The molecule has 2 N–H and O–H groups in total. The lowest BCUT2D eigenvalue weighted by Gasteiger charge is -2.10. The zero-order valence-corrected chi connectivity index (χ0v) is 9.15. The van der Waals surface area contributed by atoms with Crippen LogP contribution in [-0.4, -0.2) is 25.5 Å². The van der Waals surface area contributed by atoms with E-state index in [0.717, 1.165) is 6.08 Å². The Kier molecular flexibility index (Phi) is 3.81. The van der Waals surface area contributed by atoms with Crippen LogP contribution in [0.5, 0.6) is 0 Å². The number of aliphatic carboxylic acids is 1. The molecular weight excluding hydrogens is 230 g/mol. The van der Waals surface area contributed by atoms with Crippen LogP contribution in [0.2, 0.25) is 0 Å². The van der Waals surface area contributed by atoms with Crippen molar-refractivity contribution in [3.8, 4) is 0 Å². The van der Waals surface area contributed by atoms with E-state index in [-0.39, 0.29) is 4.90 Å². The maximum absolute atomic E-state index is 11.7. The Balaban J connectivity index is 2.97. The Labute approximate surface area is 93.5 Å². The summed E-state index contributed by atoms with van der Waals surface area (Å²) in [5, 5.41) is 8.69. The molecule has 0 radical (unpaired) electrons. The molecule has 1 unspecified atom stereocenters. The maximum atomic E-state index is 11.7. The third kappa shape index (κ3) is 2.91. The van der Waals surface area contributed by atoms with Gasteiger partial charge in [0, 0.05) is 0 Å². The molecule has 1 atom stereocenters. The summed E-state index contributed by atoms with van der Waals surface area (Å²) in [4.78, 5) is 10.7. The molecule has 0 spiro atoms. The predicted octanol–water partition coefficient (Wildman–Crippen LogP) is 0.604. The molecule has 0 saturated heterocycles. The molecule has 0 bridgehead atoms. The molecule has 1 aromatic carbocycles. The number of carboxylic acid groups (broad SMARTS) is 1. The molecule has 0 aliphatic rings. The predicted molar refractivity (Wildman–Crippen MR) is 58.4 cm³/mol. The topological polar surface area (TPSA) is 83.5 Å². The first-order chi connectivity index (χ1) is 7.47. The molecule has 1 rings (SSSR count). The maximum Gasteiger partial charge on any atom is 0.325 e. The zero-order valence-electron chi connectivity index (χ0n) is 8.33. The summed E-state index contributed by atoms with van der Waals surface area (Å²) in [5.74, 6) is -1.30. The lowest BCUT2D eigenvalue weighted by Crippen LogP contribution is -2.39. The van der Waals surface area contributed by atoms with Crippen LogP contribution in [0.25, 0.3) is 0 Å². The van der Waals surface area contributed by atoms with Crippen LogP contribution in [0.1, 0.15) is 0 Å². The van der Waals surface area contributed by atoms with Gasteiger partial charge < -0.3 is 5.11 Å². The fourth-order valence-electron chi connectivity index (χ4n) is 1.03. The smallest absolute Gasteiger partial charge is 0.325 e. The van der Waals surface area contributed by atoms with Gasteiger partial charge in [0.25, 0.3) is 0 Å². The normalized spacial score (nSPS) is 13.0. The second-order valence-corrected chi connectivity index (χ2v) is 4.70.